The average Bonchev–Trinajstić information content (AvgIpc) is 3.25. The van der Waals surface area contributed by atoms with Crippen molar-refractivity contribution in [3.05, 3.63) is 33.3 Å². The van der Waals surface area contributed by atoms with Crippen molar-refractivity contribution in [2.75, 3.05) is 19.8 Å². The summed E-state index contributed by atoms with van der Waals surface area (Å²) in [5.41, 5.74) is 1.89. The Morgan fingerprint density at radius 3 is 2.83 bits per heavy atom. The number of hydrogen-bond donors (Lipinski definition) is 3. The molecule has 4 aliphatic rings. The molecule has 7 nitrogen and oxygen atoms in total. The quantitative estimate of drug-likeness (QED) is 0.647. The zero-order valence-corrected chi connectivity index (χ0v) is 17.6. The van der Waals surface area contributed by atoms with Crippen LogP contribution in [-0.2, 0) is 15.9 Å². The van der Waals surface area contributed by atoms with Gasteiger partial charge < -0.3 is 24.6 Å². The molecule has 158 valence electrons. The Morgan fingerprint density at radius 2 is 2.00 bits per heavy atom. The zero-order chi connectivity index (χ0) is 20.3. The van der Waals surface area contributed by atoms with Crippen molar-refractivity contribution >= 4 is 29.0 Å². The molecule has 29 heavy (non-hydrogen) atoms. The predicted octanol–water partition coefficient (Wildman–Crippen LogP) is 1.72. The number of hydrogen-bond acceptors (Lipinski definition) is 7. The van der Waals surface area contributed by atoms with Gasteiger partial charge in [-0.15, -0.1) is 0 Å². The molecule has 2 unspecified atom stereocenters. The molecule has 0 amide bonds. The second-order valence-electron chi connectivity index (χ2n) is 8.23. The van der Waals surface area contributed by atoms with Gasteiger partial charge in [0, 0.05) is 18.5 Å². The molecule has 0 aromatic heterocycles. The third-order valence-electron chi connectivity index (χ3n) is 6.60. The lowest BCUT2D eigenvalue weighted by Crippen LogP contribution is -2.49. The summed E-state index contributed by atoms with van der Waals surface area (Å²) in [6.07, 6.45) is -2.35. The highest BCUT2D eigenvalue weighted by Crippen LogP contribution is 2.42. The molecule has 4 aliphatic heterocycles. The zero-order valence-electron chi connectivity index (χ0n) is 16.1. The predicted molar refractivity (Wildman–Crippen MR) is 109 cm³/mol. The topological polar surface area (TPSA) is 86.6 Å². The van der Waals surface area contributed by atoms with Crippen LogP contribution in [0.1, 0.15) is 30.6 Å². The van der Waals surface area contributed by atoms with Gasteiger partial charge in [0.2, 0.25) is 0 Å². The normalized spacial score (nSPS) is 39.3. The molecule has 2 saturated heterocycles. The molecule has 7 atom stereocenters. The number of aliphatic hydroxyl groups is 2. The number of rotatable bonds is 2. The van der Waals surface area contributed by atoms with Crippen LogP contribution in [0, 0.1) is 5.92 Å². The Bertz CT molecular complexity index is 838. The minimum Gasteiger partial charge on any atom is -0.387 e. The van der Waals surface area contributed by atoms with Gasteiger partial charge >= 0.3 is 0 Å². The smallest absolute Gasteiger partial charge is 0.160 e. The van der Waals surface area contributed by atoms with Gasteiger partial charge in [0.05, 0.1) is 23.3 Å². The summed E-state index contributed by atoms with van der Waals surface area (Å²) in [4.78, 5) is 6.63. The Morgan fingerprint density at radius 1 is 1.21 bits per heavy atom. The number of fused-ring (bicyclic) bond motifs is 2. The van der Waals surface area contributed by atoms with Crippen LogP contribution in [0.4, 0.5) is 0 Å². The van der Waals surface area contributed by atoms with Crippen LogP contribution >= 0.6 is 23.2 Å². The molecule has 1 aromatic carbocycles. The van der Waals surface area contributed by atoms with E-state index in [9.17, 15) is 10.2 Å². The fourth-order valence-corrected chi connectivity index (χ4v) is 5.38. The summed E-state index contributed by atoms with van der Waals surface area (Å²) in [5.74, 6) is 1.25. The molecule has 9 heteroatoms. The lowest BCUT2D eigenvalue weighted by Gasteiger charge is -2.34. The van der Waals surface area contributed by atoms with Crippen LogP contribution in [0.5, 0.6) is 0 Å². The molecule has 0 radical (unpaired) electrons. The highest BCUT2D eigenvalue weighted by Gasteiger charge is 2.52. The number of halogens is 2. The Labute approximate surface area is 179 Å². The average molecular weight is 442 g/mol. The standard InChI is InChI=1S/C20H25Cl2N3O4/c1-9-11-2-4-25(19(11)24-8-23-9)20-16(27)15(26)18(29-20)17-12-7-14(22)13(21)6-10(12)3-5-28-17/h6-7,9,11,15-18,20,23,26-27H,2-5,8H2,1H3/t9?,11?,15-,16+,17+,18-,20+/m0/s1. The fourth-order valence-electron chi connectivity index (χ4n) is 5.02. The molecule has 2 fully saturated rings. The summed E-state index contributed by atoms with van der Waals surface area (Å²) in [5, 5.41) is 26.0. The van der Waals surface area contributed by atoms with Crippen LogP contribution < -0.4 is 5.32 Å². The van der Waals surface area contributed by atoms with Crippen LogP contribution in [0.2, 0.25) is 10.0 Å². The van der Waals surface area contributed by atoms with Crippen molar-refractivity contribution in [2.45, 2.75) is 56.5 Å². The van der Waals surface area contributed by atoms with Crippen LogP contribution in [0.15, 0.2) is 17.1 Å². The summed E-state index contributed by atoms with van der Waals surface area (Å²) < 4.78 is 12.2. The van der Waals surface area contributed by atoms with E-state index in [1.165, 1.54) is 0 Å². The second kappa shape index (κ2) is 7.64. The first-order chi connectivity index (χ1) is 14.0. The summed E-state index contributed by atoms with van der Waals surface area (Å²) in [6.45, 7) is 3.93. The molecule has 3 N–H and O–H groups in total. The molecule has 1 aromatic rings. The Balaban J connectivity index is 1.42. The van der Waals surface area contributed by atoms with Crippen molar-refractivity contribution in [1.82, 2.24) is 10.2 Å². The minimum atomic E-state index is -1.08. The molecule has 0 aliphatic carbocycles. The molecule has 0 spiro atoms. The van der Waals surface area contributed by atoms with Gasteiger partial charge in [0.25, 0.3) is 0 Å². The van der Waals surface area contributed by atoms with Crippen molar-refractivity contribution in [1.29, 1.82) is 0 Å². The lowest BCUT2D eigenvalue weighted by atomic mass is 9.92. The third-order valence-corrected chi connectivity index (χ3v) is 7.33. The van der Waals surface area contributed by atoms with Crippen molar-refractivity contribution in [2.24, 2.45) is 10.9 Å². The number of nitrogens with one attached hydrogen (secondary N) is 1. The minimum absolute atomic E-state index is 0.295. The highest BCUT2D eigenvalue weighted by molar-refractivity contribution is 6.42. The van der Waals surface area contributed by atoms with Crippen molar-refractivity contribution in [3.63, 3.8) is 0 Å². The maximum atomic E-state index is 10.8. The van der Waals surface area contributed by atoms with Gasteiger partial charge in [-0.05, 0) is 43.0 Å². The van der Waals surface area contributed by atoms with Gasteiger partial charge in [0.1, 0.15) is 30.3 Å². The fraction of sp³-hybridized carbons (Fsp3) is 0.650. The Hall–Kier alpha value is -0.930. The monoisotopic (exact) mass is 441 g/mol. The van der Waals surface area contributed by atoms with E-state index in [-0.39, 0.29) is 0 Å². The number of aliphatic hydroxyl groups excluding tert-OH is 2. The first-order valence-corrected chi connectivity index (χ1v) is 10.9. The number of benzene rings is 1. The van der Waals surface area contributed by atoms with Crippen molar-refractivity contribution in [3.8, 4) is 0 Å². The van der Waals surface area contributed by atoms with E-state index in [1.54, 1.807) is 6.07 Å². The van der Waals surface area contributed by atoms with E-state index < -0.39 is 30.6 Å². The molecular formula is C20H25Cl2N3O4. The molecular weight excluding hydrogens is 417 g/mol. The van der Waals surface area contributed by atoms with E-state index in [0.717, 1.165) is 29.9 Å². The van der Waals surface area contributed by atoms with Crippen molar-refractivity contribution < 1.29 is 19.7 Å². The lowest BCUT2D eigenvalue weighted by molar-refractivity contribution is -0.120. The molecule has 5 rings (SSSR count). The van der Waals surface area contributed by atoms with Crippen LogP contribution in [-0.4, -0.2) is 71.4 Å². The summed E-state index contributed by atoms with van der Waals surface area (Å²) in [6, 6.07) is 3.95. The number of amidine groups is 1. The van der Waals surface area contributed by atoms with Gasteiger partial charge in [-0.25, -0.2) is 0 Å². The maximum Gasteiger partial charge on any atom is 0.160 e. The van der Waals surface area contributed by atoms with E-state index >= 15 is 0 Å². The van der Waals surface area contributed by atoms with Gasteiger partial charge in [0.15, 0.2) is 6.23 Å². The largest absolute Gasteiger partial charge is 0.387 e. The molecule has 0 bridgehead atoms. The summed E-state index contributed by atoms with van der Waals surface area (Å²) >= 11 is 12.4. The number of aliphatic imine (C=N–C) groups is 1. The first-order valence-electron chi connectivity index (χ1n) is 10.1. The summed E-state index contributed by atoms with van der Waals surface area (Å²) in [7, 11) is 0. The van der Waals surface area contributed by atoms with Gasteiger partial charge in [-0.2, -0.15) is 0 Å². The highest BCUT2D eigenvalue weighted by atomic mass is 35.5. The van der Waals surface area contributed by atoms with Gasteiger partial charge in [-0.1, -0.05) is 23.2 Å². The van der Waals surface area contributed by atoms with E-state index in [4.69, 9.17) is 32.7 Å². The molecule has 4 heterocycles. The number of ether oxygens (including phenoxy) is 2. The van der Waals surface area contributed by atoms with E-state index in [2.05, 4.69) is 17.2 Å². The van der Waals surface area contributed by atoms with Gasteiger partial charge in [-0.3, -0.25) is 10.3 Å². The van der Waals surface area contributed by atoms with E-state index in [1.807, 2.05) is 11.0 Å². The SMILES string of the molecule is CC1NCN=C2C1CCN2[C@@H]1O[C@H]([C@@H]2OCCc3cc(Cl)c(Cl)cc32)[C@@H](O)[C@H]1O. The second-order valence-corrected chi connectivity index (χ2v) is 9.05. The first kappa shape index (κ1) is 20.0. The van der Waals surface area contributed by atoms with Crippen LogP contribution in [0.3, 0.4) is 0 Å². The number of nitrogens with zero attached hydrogens (tertiary/aromatic N) is 2. The molecule has 0 saturated carbocycles. The van der Waals surface area contributed by atoms with Crippen LogP contribution in [0.25, 0.3) is 0 Å². The maximum absolute atomic E-state index is 10.8. The Kier molecular flexibility index (Phi) is 5.27. The van der Waals surface area contributed by atoms with E-state index in [0.29, 0.717) is 41.7 Å². The number of likely N-dealkylation sites (tertiary alicyclic amines) is 1. The third kappa shape index (κ3) is 3.28.